The number of carbonyl (C=O) groups is 1. The Morgan fingerprint density at radius 1 is 1.36 bits per heavy atom. The van der Waals surface area contributed by atoms with Crippen LogP contribution in [0.1, 0.15) is 24.8 Å². The van der Waals surface area contributed by atoms with E-state index in [9.17, 15) is 9.59 Å². The Morgan fingerprint density at radius 2 is 2.18 bits per heavy atom. The molecule has 1 aromatic heterocycles. The van der Waals surface area contributed by atoms with Gasteiger partial charge in [-0.15, -0.1) is 0 Å². The summed E-state index contributed by atoms with van der Waals surface area (Å²) in [6, 6.07) is 9.55. The van der Waals surface area contributed by atoms with Crippen LogP contribution in [0, 0.1) is 0 Å². The molecule has 0 radical (unpaired) electrons. The molecule has 2 heterocycles. The summed E-state index contributed by atoms with van der Waals surface area (Å²) in [5, 5.41) is 3.75. The van der Waals surface area contributed by atoms with E-state index in [4.69, 9.17) is 0 Å². The van der Waals surface area contributed by atoms with Crippen molar-refractivity contribution >= 4 is 16.8 Å². The number of likely N-dealkylation sites (tertiary alicyclic amines) is 1. The number of rotatable bonds is 3. The maximum atomic E-state index is 12.3. The summed E-state index contributed by atoms with van der Waals surface area (Å²) >= 11 is 0. The largest absolute Gasteiger partial charge is 0.358 e. The maximum absolute atomic E-state index is 12.3. The number of aromatic amines is 1. The number of amides is 1. The van der Waals surface area contributed by atoms with E-state index in [1.165, 1.54) is 0 Å². The highest BCUT2D eigenvalue weighted by atomic mass is 16.2. The fourth-order valence-electron chi connectivity index (χ4n) is 3.17. The van der Waals surface area contributed by atoms with Gasteiger partial charge < -0.3 is 10.3 Å². The van der Waals surface area contributed by atoms with Crippen molar-refractivity contribution < 1.29 is 4.79 Å². The number of hydrogen-bond acceptors (Lipinski definition) is 3. The molecule has 1 atom stereocenters. The molecule has 0 aliphatic carbocycles. The SMILES string of the molecule is CNC(=O)C1CCCCN1Cc1cc2ccccc2[nH]c1=O. The van der Waals surface area contributed by atoms with Gasteiger partial charge in [-0.1, -0.05) is 24.6 Å². The lowest BCUT2D eigenvalue weighted by atomic mass is 10.0. The molecule has 1 fully saturated rings. The third-order valence-corrected chi connectivity index (χ3v) is 4.37. The first kappa shape index (κ1) is 14.8. The number of benzene rings is 1. The Bertz CT molecular complexity index is 738. The molecule has 1 aliphatic rings. The molecule has 5 heteroatoms. The van der Waals surface area contributed by atoms with Crippen LogP contribution in [0.3, 0.4) is 0 Å². The Hall–Kier alpha value is -2.14. The van der Waals surface area contributed by atoms with Crippen molar-refractivity contribution in [1.82, 2.24) is 15.2 Å². The van der Waals surface area contributed by atoms with Gasteiger partial charge in [0.1, 0.15) is 0 Å². The number of piperidine rings is 1. The van der Waals surface area contributed by atoms with E-state index >= 15 is 0 Å². The van der Waals surface area contributed by atoms with Crippen LogP contribution in [0.2, 0.25) is 0 Å². The number of fused-ring (bicyclic) bond motifs is 1. The second-order valence-corrected chi connectivity index (χ2v) is 5.81. The molecular weight excluding hydrogens is 278 g/mol. The number of hydrogen-bond donors (Lipinski definition) is 2. The standard InChI is InChI=1S/C17H21N3O2/c1-18-17(22)15-8-4-5-9-20(15)11-13-10-12-6-2-3-7-14(12)19-16(13)21/h2-3,6-7,10,15H,4-5,8-9,11H2,1H3,(H,18,22)(H,19,21). The van der Waals surface area contributed by atoms with Crippen molar-refractivity contribution in [3.8, 4) is 0 Å². The normalized spacial score (nSPS) is 19.2. The molecule has 0 saturated carbocycles. The molecule has 116 valence electrons. The molecule has 2 N–H and O–H groups in total. The number of para-hydroxylation sites is 1. The van der Waals surface area contributed by atoms with Crippen molar-refractivity contribution in [2.45, 2.75) is 31.8 Å². The van der Waals surface area contributed by atoms with Gasteiger partial charge in [0.05, 0.1) is 6.04 Å². The predicted octanol–water partition coefficient (Wildman–Crippen LogP) is 1.63. The van der Waals surface area contributed by atoms with Crippen LogP contribution < -0.4 is 10.9 Å². The fraction of sp³-hybridized carbons (Fsp3) is 0.412. The highest BCUT2D eigenvalue weighted by Gasteiger charge is 2.28. The average Bonchev–Trinajstić information content (AvgIpc) is 2.55. The van der Waals surface area contributed by atoms with Gasteiger partial charge in [-0.05, 0) is 36.9 Å². The Labute approximate surface area is 129 Å². The van der Waals surface area contributed by atoms with Gasteiger partial charge in [-0.3, -0.25) is 14.5 Å². The minimum Gasteiger partial charge on any atom is -0.358 e. The first-order valence-corrected chi connectivity index (χ1v) is 7.75. The topological polar surface area (TPSA) is 65.2 Å². The van der Waals surface area contributed by atoms with Gasteiger partial charge >= 0.3 is 0 Å². The Kier molecular flexibility index (Phi) is 4.24. The number of carbonyl (C=O) groups excluding carboxylic acids is 1. The fourth-order valence-corrected chi connectivity index (χ4v) is 3.17. The number of nitrogens with zero attached hydrogens (tertiary/aromatic N) is 1. The lowest BCUT2D eigenvalue weighted by Gasteiger charge is -2.34. The van der Waals surface area contributed by atoms with Gasteiger partial charge in [-0.25, -0.2) is 0 Å². The zero-order chi connectivity index (χ0) is 15.5. The van der Waals surface area contributed by atoms with Crippen molar-refractivity contribution in [2.75, 3.05) is 13.6 Å². The highest BCUT2D eigenvalue weighted by Crippen LogP contribution is 2.20. The summed E-state index contributed by atoms with van der Waals surface area (Å²) in [4.78, 5) is 29.3. The minimum atomic E-state index is -0.135. The quantitative estimate of drug-likeness (QED) is 0.905. The average molecular weight is 299 g/mol. The van der Waals surface area contributed by atoms with Gasteiger partial charge in [0.15, 0.2) is 0 Å². The predicted molar refractivity (Wildman–Crippen MR) is 86.7 cm³/mol. The Balaban J connectivity index is 1.89. The molecule has 1 amide bonds. The van der Waals surface area contributed by atoms with Gasteiger partial charge in [0.25, 0.3) is 5.56 Å². The number of H-pyrrole nitrogens is 1. The Morgan fingerprint density at radius 3 is 3.00 bits per heavy atom. The summed E-state index contributed by atoms with van der Waals surface area (Å²) < 4.78 is 0. The van der Waals surface area contributed by atoms with Crippen molar-refractivity contribution in [2.24, 2.45) is 0 Å². The number of likely N-dealkylation sites (N-methyl/N-ethyl adjacent to an activating group) is 1. The lowest BCUT2D eigenvalue weighted by molar-refractivity contribution is -0.127. The van der Waals surface area contributed by atoms with Crippen LogP contribution in [0.25, 0.3) is 10.9 Å². The molecule has 22 heavy (non-hydrogen) atoms. The monoisotopic (exact) mass is 299 g/mol. The minimum absolute atomic E-state index is 0.0388. The molecule has 1 aromatic carbocycles. The second kappa shape index (κ2) is 6.32. The zero-order valence-corrected chi connectivity index (χ0v) is 12.8. The number of nitrogens with one attached hydrogen (secondary N) is 2. The summed E-state index contributed by atoms with van der Waals surface area (Å²) in [6.07, 6.45) is 2.98. The van der Waals surface area contributed by atoms with Crippen LogP contribution >= 0.6 is 0 Å². The smallest absolute Gasteiger partial charge is 0.252 e. The van der Waals surface area contributed by atoms with Crippen molar-refractivity contribution in [3.63, 3.8) is 0 Å². The maximum Gasteiger partial charge on any atom is 0.252 e. The third-order valence-electron chi connectivity index (χ3n) is 4.37. The number of pyridine rings is 1. The van der Waals surface area contributed by atoms with Crippen LogP contribution in [-0.4, -0.2) is 35.4 Å². The van der Waals surface area contributed by atoms with Crippen molar-refractivity contribution in [1.29, 1.82) is 0 Å². The van der Waals surface area contributed by atoms with Crippen LogP contribution in [0.15, 0.2) is 35.1 Å². The van der Waals surface area contributed by atoms with Gasteiger partial charge in [0.2, 0.25) is 5.91 Å². The molecule has 1 aliphatic heterocycles. The van der Waals surface area contributed by atoms with E-state index in [0.29, 0.717) is 6.54 Å². The molecule has 2 aromatic rings. The van der Waals surface area contributed by atoms with E-state index in [2.05, 4.69) is 15.2 Å². The summed E-state index contributed by atoms with van der Waals surface area (Å²) in [5.41, 5.74) is 1.49. The van der Waals surface area contributed by atoms with Crippen molar-refractivity contribution in [3.05, 3.63) is 46.2 Å². The molecule has 0 spiro atoms. The lowest BCUT2D eigenvalue weighted by Crippen LogP contribution is -2.48. The highest BCUT2D eigenvalue weighted by molar-refractivity contribution is 5.81. The van der Waals surface area contributed by atoms with E-state index < -0.39 is 0 Å². The molecule has 3 rings (SSSR count). The third kappa shape index (κ3) is 2.90. The van der Waals surface area contributed by atoms with E-state index in [1.54, 1.807) is 7.05 Å². The number of aromatic nitrogens is 1. The molecule has 1 saturated heterocycles. The second-order valence-electron chi connectivity index (χ2n) is 5.81. The van der Waals surface area contributed by atoms with Gasteiger partial charge in [-0.2, -0.15) is 0 Å². The first-order chi connectivity index (χ1) is 10.7. The van der Waals surface area contributed by atoms with Crippen LogP contribution in [0.4, 0.5) is 0 Å². The molecular formula is C17H21N3O2. The summed E-state index contributed by atoms with van der Waals surface area (Å²) in [7, 11) is 1.66. The van der Waals surface area contributed by atoms with Crippen LogP contribution in [0.5, 0.6) is 0 Å². The summed E-state index contributed by atoms with van der Waals surface area (Å²) in [5.74, 6) is 0.0388. The summed E-state index contributed by atoms with van der Waals surface area (Å²) in [6.45, 7) is 1.36. The zero-order valence-electron chi connectivity index (χ0n) is 12.8. The van der Waals surface area contributed by atoms with Gasteiger partial charge in [0, 0.05) is 24.7 Å². The van der Waals surface area contributed by atoms with Crippen LogP contribution in [-0.2, 0) is 11.3 Å². The van der Waals surface area contributed by atoms with E-state index in [1.807, 2.05) is 30.3 Å². The molecule has 1 unspecified atom stereocenters. The molecule has 5 nitrogen and oxygen atoms in total. The first-order valence-electron chi connectivity index (χ1n) is 7.75. The molecule has 0 bridgehead atoms. The van der Waals surface area contributed by atoms with E-state index in [0.717, 1.165) is 42.3 Å². The van der Waals surface area contributed by atoms with E-state index in [-0.39, 0.29) is 17.5 Å².